The summed E-state index contributed by atoms with van der Waals surface area (Å²) in [4.78, 5) is 12.5. The Balaban J connectivity index is 1.83. The zero-order valence-corrected chi connectivity index (χ0v) is 16.8. The molecule has 6 nitrogen and oxygen atoms in total. The van der Waals surface area contributed by atoms with Gasteiger partial charge >= 0.3 is 0 Å². The Labute approximate surface area is 167 Å². The molecule has 0 aliphatic carbocycles. The molecule has 0 N–H and O–H groups in total. The van der Waals surface area contributed by atoms with Crippen LogP contribution in [0.3, 0.4) is 0 Å². The minimum Gasteiger partial charge on any atom is -0.385 e. The predicted octanol–water partition coefficient (Wildman–Crippen LogP) is 3.95. The third-order valence-corrected chi connectivity index (χ3v) is 5.42. The molecule has 3 aromatic rings. The van der Waals surface area contributed by atoms with Crippen molar-refractivity contribution in [1.29, 1.82) is 0 Å². The Hall–Kier alpha value is -2.09. The minimum atomic E-state index is 0.0539. The van der Waals surface area contributed by atoms with Crippen LogP contribution in [0.15, 0.2) is 47.8 Å². The van der Waals surface area contributed by atoms with Gasteiger partial charge in [-0.2, -0.15) is 0 Å². The smallest absolute Gasteiger partial charge is 0.191 e. The number of aromatic nitrogens is 4. The molecule has 1 aromatic carbocycles. The van der Waals surface area contributed by atoms with Crippen LogP contribution in [0, 0.1) is 0 Å². The van der Waals surface area contributed by atoms with Gasteiger partial charge in [0.2, 0.25) is 0 Å². The van der Waals surface area contributed by atoms with Gasteiger partial charge in [-0.3, -0.25) is 4.79 Å². The summed E-state index contributed by atoms with van der Waals surface area (Å²) in [5.41, 5.74) is 1.50. The van der Waals surface area contributed by atoms with Crippen molar-refractivity contribution in [2.45, 2.75) is 18.1 Å². The van der Waals surface area contributed by atoms with Gasteiger partial charge in [0.15, 0.2) is 16.8 Å². The first-order valence-electron chi connectivity index (χ1n) is 8.56. The number of ketones is 1. The molecule has 0 saturated heterocycles. The Bertz CT molecular complexity index is 922. The Kier molecular flexibility index (Phi) is 6.71. The minimum absolute atomic E-state index is 0.0539. The second-order valence-corrected chi connectivity index (χ2v) is 7.35. The molecule has 0 radical (unpaired) electrons. The van der Waals surface area contributed by atoms with Crippen molar-refractivity contribution in [1.82, 2.24) is 19.3 Å². The summed E-state index contributed by atoms with van der Waals surface area (Å²) in [6.45, 7) is 1.31. The zero-order chi connectivity index (χ0) is 19.2. The fourth-order valence-electron chi connectivity index (χ4n) is 2.76. The standard InChI is InChI=1S/C19H21ClN4O2S/c1-23-10-5-9-16(23)17(25)13-27-19-22-21-18(24(19)11-6-12-26-2)14-7-3-4-8-15(14)20/h3-5,7-10H,6,11-13H2,1-2H3. The van der Waals surface area contributed by atoms with Crippen LogP contribution in [0.5, 0.6) is 0 Å². The molecule has 2 heterocycles. The van der Waals surface area contributed by atoms with Gasteiger partial charge in [0.1, 0.15) is 0 Å². The van der Waals surface area contributed by atoms with E-state index in [0.29, 0.717) is 40.6 Å². The molecule has 0 spiro atoms. The largest absolute Gasteiger partial charge is 0.385 e. The summed E-state index contributed by atoms with van der Waals surface area (Å²) in [6.07, 6.45) is 2.67. The fraction of sp³-hybridized carbons (Fsp3) is 0.316. The zero-order valence-electron chi connectivity index (χ0n) is 15.3. The molecule has 142 valence electrons. The van der Waals surface area contributed by atoms with E-state index in [9.17, 15) is 4.79 Å². The number of rotatable bonds is 9. The lowest BCUT2D eigenvalue weighted by Crippen LogP contribution is -2.10. The SMILES string of the molecule is COCCCn1c(SCC(=O)c2cccn2C)nnc1-c1ccccc1Cl. The molecule has 0 aliphatic heterocycles. The summed E-state index contributed by atoms with van der Waals surface area (Å²) < 4.78 is 8.99. The van der Waals surface area contributed by atoms with E-state index >= 15 is 0 Å². The number of nitrogens with zero attached hydrogens (tertiary/aromatic N) is 4. The van der Waals surface area contributed by atoms with E-state index in [-0.39, 0.29) is 5.78 Å². The number of hydrogen-bond acceptors (Lipinski definition) is 5. The van der Waals surface area contributed by atoms with Gasteiger partial charge in [-0.15, -0.1) is 10.2 Å². The summed E-state index contributed by atoms with van der Waals surface area (Å²) >= 11 is 7.73. The Morgan fingerprint density at radius 3 is 2.74 bits per heavy atom. The van der Waals surface area contributed by atoms with E-state index in [4.69, 9.17) is 16.3 Å². The molecule has 0 amide bonds. The first kappa shape index (κ1) is 19.7. The number of hydrogen-bond donors (Lipinski definition) is 0. The lowest BCUT2D eigenvalue weighted by atomic mass is 10.2. The van der Waals surface area contributed by atoms with Crippen molar-refractivity contribution in [3.05, 3.63) is 53.3 Å². The van der Waals surface area contributed by atoms with Crippen LogP contribution in [0.2, 0.25) is 5.02 Å². The van der Waals surface area contributed by atoms with Crippen molar-refractivity contribution >= 4 is 29.1 Å². The Morgan fingerprint density at radius 1 is 1.22 bits per heavy atom. The maximum atomic E-state index is 12.5. The number of aryl methyl sites for hydroxylation is 1. The van der Waals surface area contributed by atoms with Gasteiger partial charge in [-0.05, 0) is 30.7 Å². The van der Waals surface area contributed by atoms with Crippen molar-refractivity contribution in [2.75, 3.05) is 19.5 Å². The van der Waals surface area contributed by atoms with Gasteiger partial charge in [0.25, 0.3) is 0 Å². The van der Waals surface area contributed by atoms with Crippen LogP contribution in [0.4, 0.5) is 0 Å². The van der Waals surface area contributed by atoms with E-state index in [1.165, 1.54) is 11.8 Å². The quantitative estimate of drug-likeness (QED) is 0.307. The van der Waals surface area contributed by atoms with Gasteiger partial charge < -0.3 is 13.9 Å². The number of halogens is 1. The molecule has 3 rings (SSSR count). The highest BCUT2D eigenvalue weighted by molar-refractivity contribution is 7.99. The highest BCUT2D eigenvalue weighted by Gasteiger charge is 2.18. The monoisotopic (exact) mass is 404 g/mol. The lowest BCUT2D eigenvalue weighted by Gasteiger charge is -2.11. The molecular formula is C19H21ClN4O2S. The van der Waals surface area contributed by atoms with Crippen LogP contribution in [-0.2, 0) is 18.3 Å². The van der Waals surface area contributed by atoms with E-state index < -0.39 is 0 Å². The van der Waals surface area contributed by atoms with Gasteiger partial charge in [-0.25, -0.2) is 0 Å². The average Bonchev–Trinajstić information content (AvgIpc) is 3.27. The van der Waals surface area contributed by atoms with E-state index in [1.54, 1.807) is 7.11 Å². The fourth-order valence-corrected chi connectivity index (χ4v) is 3.82. The topological polar surface area (TPSA) is 61.9 Å². The average molecular weight is 405 g/mol. The summed E-state index contributed by atoms with van der Waals surface area (Å²) in [5.74, 6) is 1.05. The van der Waals surface area contributed by atoms with Crippen LogP contribution in [-0.4, -0.2) is 44.6 Å². The van der Waals surface area contributed by atoms with Crippen molar-refractivity contribution in [3.63, 3.8) is 0 Å². The van der Waals surface area contributed by atoms with Crippen LogP contribution < -0.4 is 0 Å². The number of benzene rings is 1. The first-order chi connectivity index (χ1) is 13.1. The number of methoxy groups -OCH3 is 1. The second kappa shape index (κ2) is 9.21. The molecule has 0 saturated carbocycles. The lowest BCUT2D eigenvalue weighted by molar-refractivity contribution is 0.101. The van der Waals surface area contributed by atoms with E-state index in [2.05, 4.69) is 10.2 Å². The van der Waals surface area contributed by atoms with Gasteiger partial charge in [0, 0.05) is 39.1 Å². The van der Waals surface area contributed by atoms with Gasteiger partial charge in [0.05, 0.1) is 16.5 Å². The molecule has 0 bridgehead atoms. The molecule has 2 aromatic heterocycles. The summed E-state index contributed by atoms with van der Waals surface area (Å²) in [6, 6.07) is 11.2. The second-order valence-electron chi connectivity index (χ2n) is 6.00. The molecule has 0 fully saturated rings. The molecular weight excluding hydrogens is 384 g/mol. The van der Waals surface area contributed by atoms with Crippen molar-refractivity contribution in [3.8, 4) is 11.4 Å². The van der Waals surface area contributed by atoms with Gasteiger partial charge in [-0.1, -0.05) is 35.5 Å². The van der Waals surface area contributed by atoms with E-state index in [1.807, 2.05) is 58.8 Å². The van der Waals surface area contributed by atoms with Crippen LogP contribution >= 0.6 is 23.4 Å². The number of Topliss-reactive ketones (excluding diaryl/α,β-unsaturated/α-hetero) is 1. The van der Waals surface area contributed by atoms with Crippen molar-refractivity contribution in [2.24, 2.45) is 7.05 Å². The van der Waals surface area contributed by atoms with Crippen molar-refractivity contribution < 1.29 is 9.53 Å². The highest BCUT2D eigenvalue weighted by Crippen LogP contribution is 2.29. The molecule has 0 aliphatic rings. The third kappa shape index (κ3) is 4.61. The van der Waals surface area contributed by atoms with Crippen LogP contribution in [0.1, 0.15) is 16.9 Å². The van der Waals surface area contributed by atoms with Crippen LogP contribution in [0.25, 0.3) is 11.4 Å². The number of thioether (sulfide) groups is 1. The maximum absolute atomic E-state index is 12.5. The molecule has 27 heavy (non-hydrogen) atoms. The predicted molar refractivity (Wildman–Crippen MR) is 107 cm³/mol. The number of ether oxygens (including phenoxy) is 1. The highest BCUT2D eigenvalue weighted by atomic mass is 35.5. The van der Waals surface area contributed by atoms with E-state index in [0.717, 1.165) is 12.0 Å². The Morgan fingerprint density at radius 2 is 2.04 bits per heavy atom. The molecule has 0 atom stereocenters. The number of carbonyl (C=O) groups excluding carboxylic acids is 1. The molecule has 8 heteroatoms. The first-order valence-corrected chi connectivity index (χ1v) is 9.92. The molecule has 0 unspecified atom stereocenters. The number of carbonyl (C=O) groups is 1. The maximum Gasteiger partial charge on any atom is 0.191 e. The normalized spacial score (nSPS) is 11.1. The third-order valence-electron chi connectivity index (χ3n) is 4.12. The summed E-state index contributed by atoms with van der Waals surface area (Å²) in [7, 11) is 3.54. The summed E-state index contributed by atoms with van der Waals surface area (Å²) in [5, 5.41) is 9.96.